The summed E-state index contributed by atoms with van der Waals surface area (Å²) < 4.78 is 37.8. The Morgan fingerprint density at radius 1 is 1.18 bits per heavy atom. The van der Waals surface area contributed by atoms with Crippen LogP contribution < -0.4 is 10.3 Å². The van der Waals surface area contributed by atoms with E-state index in [0.717, 1.165) is 46.2 Å². The minimum absolute atomic E-state index is 0.102. The minimum Gasteiger partial charge on any atom is -0.318 e. The highest BCUT2D eigenvalue weighted by Crippen LogP contribution is 2.48. The van der Waals surface area contributed by atoms with E-state index in [9.17, 15) is 13.4 Å². The maximum Gasteiger partial charge on any atom is 0.250 e. The van der Waals surface area contributed by atoms with Crippen molar-refractivity contribution < 1.29 is 13.2 Å². The Labute approximate surface area is 203 Å². The van der Waals surface area contributed by atoms with Crippen LogP contribution in [-0.4, -0.2) is 25.6 Å². The molecule has 1 aliphatic heterocycles. The monoisotopic (exact) mass is 499 g/mol. The number of nitrogens with one attached hydrogen (secondary N) is 1. The van der Waals surface area contributed by atoms with E-state index in [2.05, 4.69) is 4.72 Å². The Balaban J connectivity index is 1.74. The predicted molar refractivity (Wildman–Crippen MR) is 132 cm³/mol. The van der Waals surface area contributed by atoms with Gasteiger partial charge in [-0.05, 0) is 78.3 Å². The molecule has 1 unspecified atom stereocenters. The molecule has 1 saturated carbocycles. The standard InChI is InChI=1S/C25H23ClFN3O3S/c1-30-13-21-18-10-16(8-9-28-34(32)33)22(26)11-19(18)24(15-4-6-17(27)7-5-15)29-25(14-2-3-14)20(21)12-23(30)31/h4-7,10-14,25,28H,2-3,8-9H2,1H3,(H,32,33)/t25-/m0/s1. The van der Waals surface area contributed by atoms with Gasteiger partial charge in [0.15, 0.2) is 0 Å². The van der Waals surface area contributed by atoms with Gasteiger partial charge < -0.3 is 4.57 Å². The van der Waals surface area contributed by atoms with Crippen LogP contribution >= 0.6 is 11.6 Å². The van der Waals surface area contributed by atoms with Gasteiger partial charge in [0.25, 0.3) is 5.56 Å². The molecule has 2 aliphatic rings. The second kappa shape index (κ2) is 9.19. The van der Waals surface area contributed by atoms with Crippen LogP contribution in [0.25, 0.3) is 11.1 Å². The quantitative estimate of drug-likeness (QED) is 0.492. The molecule has 0 radical (unpaired) electrons. The Morgan fingerprint density at radius 3 is 2.59 bits per heavy atom. The summed E-state index contributed by atoms with van der Waals surface area (Å²) in [6.45, 7) is 0.269. The van der Waals surface area contributed by atoms with E-state index in [4.69, 9.17) is 21.1 Å². The number of nitrogens with zero attached hydrogens (tertiary/aromatic N) is 2. The fourth-order valence-electron chi connectivity index (χ4n) is 4.50. The van der Waals surface area contributed by atoms with Crippen molar-refractivity contribution in [1.29, 1.82) is 0 Å². The average molecular weight is 500 g/mol. The Morgan fingerprint density at radius 2 is 1.91 bits per heavy atom. The van der Waals surface area contributed by atoms with Crippen LogP contribution in [0.3, 0.4) is 0 Å². The van der Waals surface area contributed by atoms with Gasteiger partial charge in [-0.2, -0.15) is 0 Å². The van der Waals surface area contributed by atoms with Gasteiger partial charge in [-0.25, -0.2) is 13.3 Å². The molecule has 1 aliphatic carbocycles. The number of fused-ring (bicyclic) bond motifs is 3. The van der Waals surface area contributed by atoms with E-state index < -0.39 is 11.3 Å². The van der Waals surface area contributed by atoms with Crippen LogP contribution in [0.1, 0.15) is 41.1 Å². The van der Waals surface area contributed by atoms with E-state index in [1.165, 1.54) is 12.1 Å². The van der Waals surface area contributed by atoms with Crippen molar-refractivity contribution in [3.05, 3.63) is 92.1 Å². The highest BCUT2D eigenvalue weighted by Gasteiger charge is 2.37. The van der Waals surface area contributed by atoms with Crippen LogP contribution in [0, 0.1) is 11.7 Å². The molecule has 5 rings (SSSR count). The van der Waals surface area contributed by atoms with Crippen LogP contribution in [-0.2, 0) is 24.7 Å². The molecule has 1 fully saturated rings. The molecule has 0 amide bonds. The number of rotatable bonds is 6. The zero-order chi connectivity index (χ0) is 24.0. The fourth-order valence-corrected chi connectivity index (χ4v) is 5.04. The highest BCUT2D eigenvalue weighted by atomic mass is 35.5. The first-order valence-corrected chi connectivity index (χ1v) is 12.5. The van der Waals surface area contributed by atoms with E-state index >= 15 is 0 Å². The molecule has 34 heavy (non-hydrogen) atoms. The van der Waals surface area contributed by atoms with Crippen molar-refractivity contribution >= 4 is 28.6 Å². The van der Waals surface area contributed by atoms with Gasteiger partial charge >= 0.3 is 0 Å². The van der Waals surface area contributed by atoms with Gasteiger partial charge in [-0.1, -0.05) is 11.6 Å². The lowest BCUT2D eigenvalue weighted by atomic mass is 9.89. The van der Waals surface area contributed by atoms with Gasteiger partial charge in [0.1, 0.15) is 5.82 Å². The molecule has 6 nitrogen and oxygen atoms in total. The summed E-state index contributed by atoms with van der Waals surface area (Å²) in [6, 6.07) is 11.5. The first-order valence-electron chi connectivity index (χ1n) is 11.0. The highest BCUT2D eigenvalue weighted by molar-refractivity contribution is 7.77. The van der Waals surface area contributed by atoms with Crippen molar-refractivity contribution in [1.82, 2.24) is 9.29 Å². The average Bonchev–Trinajstić information content (AvgIpc) is 3.64. The third kappa shape index (κ3) is 4.51. The summed E-state index contributed by atoms with van der Waals surface area (Å²) in [7, 11) is 1.72. The van der Waals surface area contributed by atoms with Gasteiger partial charge in [0.2, 0.25) is 11.3 Å². The first kappa shape index (κ1) is 23.1. The molecule has 0 saturated heterocycles. The van der Waals surface area contributed by atoms with Crippen molar-refractivity contribution in [3.63, 3.8) is 0 Å². The smallest absolute Gasteiger partial charge is 0.250 e. The predicted octanol–water partition coefficient (Wildman–Crippen LogP) is 4.42. The molecular weight excluding hydrogens is 477 g/mol. The van der Waals surface area contributed by atoms with Gasteiger partial charge in [-0.15, -0.1) is 0 Å². The number of pyridine rings is 1. The Kier molecular flexibility index (Phi) is 6.24. The third-order valence-electron chi connectivity index (χ3n) is 6.39. The Bertz CT molecular complexity index is 1380. The molecular formula is C25H23ClFN3O3S. The molecule has 3 aromatic rings. The normalized spacial score (nSPS) is 18.0. The fraction of sp³-hybridized carbons (Fsp3) is 0.280. The van der Waals surface area contributed by atoms with E-state index in [1.54, 1.807) is 29.8 Å². The van der Waals surface area contributed by atoms with Crippen LogP contribution in [0.4, 0.5) is 4.39 Å². The molecule has 0 spiro atoms. The van der Waals surface area contributed by atoms with E-state index in [1.807, 2.05) is 18.3 Å². The summed E-state index contributed by atoms with van der Waals surface area (Å²) >= 11 is 4.56. The topological polar surface area (TPSA) is 83.7 Å². The molecule has 2 atom stereocenters. The number of halogens is 2. The Hall–Kier alpha value is -2.65. The molecule has 0 bridgehead atoms. The van der Waals surface area contributed by atoms with Crippen LogP contribution in [0.5, 0.6) is 0 Å². The third-order valence-corrected chi connectivity index (χ3v) is 7.19. The van der Waals surface area contributed by atoms with Crippen molar-refractivity contribution in [2.45, 2.75) is 25.3 Å². The number of aromatic nitrogens is 1. The van der Waals surface area contributed by atoms with Crippen molar-refractivity contribution in [2.24, 2.45) is 18.0 Å². The van der Waals surface area contributed by atoms with Crippen LogP contribution in [0.2, 0.25) is 5.02 Å². The van der Waals surface area contributed by atoms with E-state index in [-0.39, 0.29) is 24.0 Å². The number of benzene rings is 2. The number of hydrogen-bond acceptors (Lipinski definition) is 3. The summed E-state index contributed by atoms with van der Waals surface area (Å²) in [6.07, 6.45) is 4.35. The van der Waals surface area contributed by atoms with Gasteiger partial charge in [0, 0.05) is 47.6 Å². The number of aryl methyl sites for hydroxylation is 1. The molecule has 2 aromatic carbocycles. The largest absolute Gasteiger partial charge is 0.318 e. The maximum atomic E-state index is 13.7. The van der Waals surface area contributed by atoms with Gasteiger partial charge in [0.05, 0.1) is 11.8 Å². The number of hydrogen-bond donors (Lipinski definition) is 2. The molecule has 176 valence electrons. The summed E-state index contributed by atoms with van der Waals surface area (Å²) in [5.41, 5.74) is 5.66. The minimum atomic E-state index is -2.11. The number of aliphatic imine (C=N–C) groups is 1. The molecule has 1 aromatic heterocycles. The maximum absolute atomic E-state index is 13.7. The molecule has 2 N–H and O–H groups in total. The van der Waals surface area contributed by atoms with Crippen molar-refractivity contribution in [2.75, 3.05) is 6.54 Å². The van der Waals surface area contributed by atoms with Crippen LogP contribution in [0.15, 0.2) is 58.4 Å². The first-order chi connectivity index (χ1) is 16.3. The zero-order valence-electron chi connectivity index (χ0n) is 18.4. The van der Waals surface area contributed by atoms with Gasteiger partial charge in [-0.3, -0.25) is 14.3 Å². The van der Waals surface area contributed by atoms with Crippen molar-refractivity contribution in [3.8, 4) is 11.1 Å². The molecule has 2 heterocycles. The second-order valence-electron chi connectivity index (χ2n) is 8.74. The lowest BCUT2D eigenvalue weighted by molar-refractivity contribution is 0.549. The summed E-state index contributed by atoms with van der Waals surface area (Å²) in [4.78, 5) is 17.8. The lowest BCUT2D eigenvalue weighted by Gasteiger charge is -2.17. The SMILES string of the molecule is Cn1cc2c(cc1=O)[C@H](C1CC1)N=C(c1ccc(F)cc1)c1cc(Cl)c(CCNS(=O)O)cc1-2. The summed E-state index contributed by atoms with van der Waals surface area (Å²) in [5, 5.41) is 0.510. The molecule has 9 heteroatoms. The second-order valence-corrected chi connectivity index (χ2v) is 9.94. The van der Waals surface area contributed by atoms with E-state index in [0.29, 0.717) is 23.1 Å². The summed E-state index contributed by atoms with van der Waals surface area (Å²) in [5.74, 6) is 0.0136. The zero-order valence-corrected chi connectivity index (χ0v) is 20.0. The lowest BCUT2D eigenvalue weighted by Crippen LogP contribution is -2.19.